The molecule has 27 heavy (non-hydrogen) atoms. The lowest BCUT2D eigenvalue weighted by atomic mass is 9.97. The Bertz CT molecular complexity index is 637. The van der Waals surface area contributed by atoms with Crippen LogP contribution in [0, 0.1) is 0 Å². The summed E-state index contributed by atoms with van der Waals surface area (Å²) in [7, 11) is 0. The first-order valence-electron chi connectivity index (χ1n) is 10.2. The van der Waals surface area contributed by atoms with E-state index in [0.717, 1.165) is 31.4 Å². The molecule has 1 aliphatic carbocycles. The molecular weight excluding hydrogens is 336 g/mol. The maximum atomic E-state index is 12.8. The summed E-state index contributed by atoms with van der Waals surface area (Å²) in [5.41, 5.74) is 2.60. The summed E-state index contributed by atoms with van der Waals surface area (Å²) < 4.78 is 0. The summed E-state index contributed by atoms with van der Waals surface area (Å²) >= 11 is 0. The summed E-state index contributed by atoms with van der Waals surface area (Å²) in [6.45, 7) is 7.51. The van der Waals surface area contributed by atoms with Crippen LogP contribution >= 0.6 is 0 Å². The van der Waals surface area contributed by atoms with E-state index in [0.29, 0.717) is 19.5 Å². The second kappa shape index (κ2) is 10.9. The van der Waals surface area contributed by atoms with Crippen LogP contribution in [0.3, 0.4) is 0 Å². The first kappa shape index (κ1) is 21.2. The van der Waals surface area contributed by atoms with Crippen molar-refractivity contribution in [1.29, 1.82) is 0 Å². The molecule has 0 N–H and O–H groups in total. The molecule has 148 valence electrons. The van der Waals surface area contributed by atoms with E-state index in [1.165, 1.54) is 18.4 Å². The van der Waals surface area contributed by atoms with Gasteiger partial charge in [-0.15, -0.1) is 0 Å². The minimum absolute atomic E-state index is 0.0540. The number of carbonyl (C=O) groups excluding carboxylic acids is 2. The van der Waals surface area contributed by atoms with Crippen molar-refractivity contribution in [2.24, 2.45) is 0 Å². The standard InChI is InChI=1S/C23H34N2O2/c1-19(2)25(18-22-12-8-5-9-13-22)23(27)15-17-24(20(3)26)16-14-21-10-6-4-7-11-21/h5,8-10,12-13,19H,4,6-7,11,14-18H2,1-3H3. The molecule has 0 saturated heterocycles. The smallest absolute Gasteiger partial charge is 0.224 e. The van der Waals surface area contributed by atoms with E-state index in [9.17, 15) is 9.59 Å². The van der Waals surface area contributed by atoms with Gasteiger partial charge in [-0.1, -0.05) is 42.0 Å². The largest absolute Gasteiger partial charge is 0.342 e. The lowest BCUT2D eigenvalue weighted by molar-refractivity contribution is -0.135. The van der Waals surface area contributed by atoms with Gasteiger partial charge in [-0.2, -0.15) is 0 Å². The highest BCUT2D eigenvalue weighted by atomic mass is 16.2. The fourth-order valence-corrected chi connectivity index (χ4v) is 3.55. The highest BCUT2D eigenvalue weighted by Crippen LogP contribution is 2.20. The number of carbonyl (C=O) groups is 2. The predicted molar refractivity (Wildman–Crippen MR) is 110 cm³/mol. The van der Waals surface area contributed by atoms with Gasteiger partial charge in [0.1, 0.15) is 0 Å². The topological polar surface area (TPSA) is 40.6 Å². The number of allylic oxidation sites excluding steroid dienone is 1. The quantitative estimate of drug-likeness (QED) is 0.598. The van der Waals surface area contributed by atoms with E-state index in [2.05, 4.69) is 6.08 Å². The van der Waals surface area contributed by atoms with E-state index in [1.807, 2.05) is 54.0 Å². The molecule has 1 aliphatic rings. The Hall–Kier alpha value is -2.10. The number of amides is 2. The van der Waals surface area contributed by atoms with E-state index in [-0.39, 0.29) is 17.9 Å². The minimum atomic E-state index is 0.0540. The number of hydrogen-bond donors (Lipinski definition) is 0. The van der Waals surface area contributed by atoms with Crippen molar-refractivity contribution in [1.82, 2.24) is 9.80 Å². The molecule has 0 aliphatic heterocycles. The molecule has 4 nitrogen and oxygen atoms in total. The molecule has 0 bridgehead atoms. The van der Waals surface area contributed by atoms with Gasteiger partial charge in [-0.3, -0.25) is 9.59 Å². The predicted octanol–water partition coefficient (Wildman–Crippen LogP) is 4.55. The van der Waals surface area contributed by atoms with Crippen molar-refractivity contribution in [3.05, 3.63) is 47.5 Å². The molecular formula is C23H34N2O2. The molecule has 0 unspecified atom stereocenters. The molecule has 2 amide bonds. The zero-order chi connectivity index (χ0) is 19.6. The molecule has 0 aromatic heterocycles. The second-order valence-electron chi connectivity index (χ2n) is 7.72. The van der Waals surface area contributed by atoms with Crippen LogP contribution in [-0.4, -0.2) is 40.7 Å². The van der Waals surface area contributed by atoms with Crippen molar-refractivity contribution in [3.8, 4) is 0 Å². The van der Waals surface area contributed by atoms with Crippen LogP contribution in [0.5, 0.6) is 0 Å². The number of rotatable bonds is 9. The van der Waals surface area contributed by atoms with Crippen molar-refractivity contribution >= 4 is 11.8 Å². The van der Waals surface area contributed by atoms with Crippen LogP contribution in [0.2, 0.25) is 0 Å². The molecule has 0 radical (unpaired) electrons. The Morgan fingerprint density at radius 3 is 2.41 bits per heavy atom. The van der Waals surface area contributed by atoms with Gasteiger partial charge in [0.2, 0.25) is 11.8 Å². The van der Waals surface area contributed by atoms with Crippen LogP contribution in [-0.2, 0) is 16.1 Å². The average molecular weight is 371 g/mol. The highest BCUT2D eigenvalue weighted by Gasteiger charge is 2.19. The van der Waals surface area contributed by atoms with E-state index >= 15 is 0 Å². The first-order chi connectivity index (χ1) is 13.0. The summed E-state index contributed by atoms with van der Waals surface area (Å²) in [4.78, 5) is 28.5. The van der Waals surface area contributed by atoms with Crippen molar-refractivity contribution in [3.63, 3.8) is 0 Å². The summed E-state index contributed by atoms with van der Waals surface area (Å²) in [5.74, 6) is 0.162. The van der Waals surface area contributed by atoms with Crippen LogP contribution < -0.4 is 0 Å². The molecule has 2 rings (SSSR count). The van der Waals surface area contributed by atoms with Crippen LogP contribution in [0.15, 0.2) is 42.0 Å². The molecule has 0 saturated carbocycles. The van der Waals surface area contributed by atoms with Crippen LogP contribution in [0.25, 0.3) is 0 Å². The summed E-state index contributed by atoms with van der Waals surface area (Å²) in [6.07, 6.45) is 8.50. The zero-order valence-corrected chi connectivity index (χ0v) is 17.1. The minimum Gasteiger partial charge on any atom is -0.342 e. The van der Waals surface area contributed by atoms with Gasteiger partial charge in [-0.25, -0.2) is 0 Å². The van der Waals surface area contributed by atoms with Crippen molar-refractivity contribution in [2.45, 2.75) is 71.9 Å². The Kier molecular flexibility index (Phi) is 8.56. The normalized spacial score (nSPS) is 14.0. The monoisotopic (exact) mass is 370 g/mol. The maximum absolute atomic E-state index is 12.8. The Labute approximate surface area is 164 Å². The third-order valence-corrected chi connectivity index (χ3v) is 5.27. The summed E-state index contributed by atoms with van der Waals surface area (Å²) in [6, 6.07) is 10.2. The lowest BCUT2D eigenvalue weighted by Crippen LogP contribution is -2.39. The third-order valence-electron chi connectivity index (χ3n) is 5.27. The SMILES string of the molecule is CC(=O)N(CCC(=O)N(Cc1ccccc1)C(C)C)CCC1=CCCCC1. The van der Waals surface area contributed by atoms with Gasteiger partial charge < -0.3 is 9.80 Å². The Balaban J connectivity index is 1.88. The fourth-order valence-electron chi connectivity index (χ4n) is 3.55. The molecule has 0 spiro atoms. The van der Waals surface area contributed by atoms with Gasteiger partial charge in [-0.05, 0) is 51.5 Å². The fraction of sp³-hybridized carbons (Fsp3) is 0.565. The zero-order valence-electron chi connectivity index (χ0n) is 17.1. The van der Waals surface area contributed by atoms with Gasteiger partial charge in [0.15, 0.2) is 0 Å². The number of nitrogens with zero attached hydrogens (tertiary/aromatic N) is 2. The summed E-state index contributed by atoms with van der Waals surface area (Å²) in [5, 5.41) is 0. The Morgan fingerprint density at radius 2 is 1.81 bits per heavy atom. The van der Waals surface area contributed by atoms with E-state index in [4.69, 9.17) is 0 Å². The molecule has 0 fully saturated rings. The Morgan fingerprint density at radius 1 is 1.07 bits per heavy atom. The molecule has 4 heteroatoms. The third kappa shape index (κ3) is 7.20. The number of benzene rings is 1. The van der Waals surface area contributed by atoms with Gasteiger partial charge in [0.05, 0.1) is 0 Å². The van der Waals surface area contributed by atoms with Gasteiger partial charge in [0, 0.05) is 39.0 Å². The van der Waals surface area contributed by atoms with Gasteiger partial charge in [0.25, 0.3) is 0 Å². The molecule has 1 aromatic carbocycles. The van der Waals surface area contributed by atoms with E-state index < -0.39 is 0 Å². The number of hydrogen-bond acceptors (Lipinski definition) is 2. The average Bonchev–Trinajstić information content (AvgIpc) is 2.67. The lowest BCUT2D eigenvalue weighted by Gasteiger charge is -2.29. The molecule has 0 heterocycles. The van der Waals surface area contributed by atoms with Crippen molar-refractivity contribution < 1.29 is 9.59 Å². The van der Waals surface area contributed by atoms with Crippen LogP contribution in [0.1, 0.15) is 64.9 Å². The second-order valence-corrected chi connectivity index (χ2v) is 7.72. The van der Waals surface area contributed by atoms with Gasteiger partial charge >= 0.3 is 0 Å². The van der Waals surface area contributed by atoms with Crippen molar-refractivity contribution in [2.75, 3.05) is 13.1 Å². The van der Waals surface area contributed by atoms with E-state index in [1.54, 1.807) is 6.92 Å². The molecule has 0 atom stereocenters. The first-order valence-corrected chi connectivity index (χ1v) is 10.2. The van der Waals surface area contributed by atoms with Crippen LogP contribution in [0.4, 0.5) is 0 Å². The maximum Gasteiger partial charge on any atom is 0.224 e. The molecule has 1 aromatic rings. The highest BCUT2D eigenvalue weighted by molar-refractivity contribution is 5.78.